The third kappa shape index (κ3) is 3.29. The minimum Gasteiger partial charge on any atom is -0.406 e. The zero-order valence-corrected chi connectivity index (χ0v) is 10.0. The molecule has 0 fully saturated rings. The van der Waals surface area contributed by atoms with Crippen molar-refractivity contribution >= 4 is 0 Å². The van der Waals surface area contributed by atoms with Gasteiger partial charge in [0.1, 0.15) is 11.6 Å². The monoisotopic (exact) mass is 280 g/mol. The average Bonchev–Trinajstić information content (AvgIpc) is 2.38. The van der Waals surface area contributed by atoms with Crippen molar-refractivity contribution in [1.29, 1.82) is 0 Å². The summed E-state index contributed by atoms with van der Waals surface area (Å²) < 4.78 is 53.6. The first-order valence-corrected chi connectivity index (χ1v) is 5.51. The van der Waals surface area contributed by atoms with Gasteiger partial charge in [-0.1, -0.05) is 24.1 Å². The fourth-order valence-corrected chi connectivity index (χ4v) is 1.68. The van der Waals surface area contributed by atoms with E-state index in [1.165, 1.54) is 24.3 Å². The highest BCUT2D eigenvalue weighted by Crippen LogP contribution is 2.28. The van der Waals surface area contributed by atoms with Crippen LogP contribution in [-0.2, 0) is 0 Å². The summed E-state index contributed by atoms with van der Waals surface area (Å²) in [6.45, 7) is 0. The lowest BCUT2D eigenvalue weighted by molar-refractivity contribution is -0.274. The van der Waals surface area contributed by atoms with Crippen molar-refractivity contribution in [3.63, 3.8) is 0 Å². The molecule has 0 unspecified atom stereocenters. The number of halogens is 4. The van der Waals surface area contributed by atoms with Crippen molar-refractivity contribution < 1.29 is 22.3 Å². The Morgan fingerprint density at radius 2 is 1.65 bits per heavy atom. The third-order valence-electron chi connectivity index (χ3n) is 2.53. The maximum absolute atomic E-state index is 13.8. The highest BCUT2D eigenvalue weighted by Gasteiger charge is 2.30. The van der Waals surface area contributed by atoms with Crippen LogP contribution in [0, 0.1) is 18.2 Å². The van der Waals surface area contributed by atoms with E-state index in [0.717, 1.165) is 12.1 Å². The number of terminal acetylenes is 1. The summed E-state index contributed by atoms with van der Waals surface area (Å²) in [5.74, 6) is 1.40. The van der Waals surface area contributed by atoms with E-state index in [4.69, 9.17) is 6.42 Å². The molecule has 0 saturated carbocycles. The summed E-state index contributed by atoms with van der Waals surface area (Å²) in [7, 11) is 0. The van der Waals surface area contributed by atoms with E-state index in [1.807, 2.05) is 0 Å². The Hall–Kier alpha value is -2.48. The first-order valence-electron chi connectivity index (χ1n) is 5.51. The Balaban J connectivity index is 2.29. The van der Waals surface area contributed by atoms with Crippen LogP contribution in [-0.4, -0.2) is 6.36 Å². The summed E-state index contributed by atoms with van der Waals surface area (Å²) in [5, 5.41) is 0. The normalized spacial score (nSPS) is 10.9. The molecule has 0 spiro atoms. The van der Waals surface area contributed by atoms with Crippen LogP contribution in [0.25, 0.3) is 11.1 Å². The summed E-state index contributed by atoms with van der Waals surface area (Å²) >= 11 is 0. The SMILES string of the molecule is C#Cc1ccc(-c2ccc(OC(F)(F)F)cc2)c(F)c1. The van der Waals surface area contributed by atoms with Gasteiger partial charge in [0.15, 0.2) is 0 Å². The maximum Gasteiger partial charge on any atom is 0.573 e. The largest absolute Gasteiger partial charge is 0.573 e. The lowest BCUT2D eigenvalue weighted by atomic mass is 10.0. The lowest BCUT2D eigenvalue weighted by Crippen LogP contribution is -2.16. The second-order valence-electron chi connectivity index (χ2n) is 3.91. The number of alkyl halides is 3. The van der Waals surface area contributed by atoms with Crippen LogP contribution in [0.5, 0.6) is 5.75 Å². The fourth-order valence-electron chi connectivity index (χ4n) is 1.68. The Kier molecular flexibility index (Phi) is 3.66. The van der Waals surface area contributed by atoms with Gasteiger partial charge in [0, 0.05) is 11.1 Å². The lowest BCUT2D eigenvalue weighted by Gasteiger charge is -2.09. The summed E-state index contributed by atoms with van der Waals surface area (Å²) in [6, 6.07) is 9.15. The molecule has 0 bridgehead atoms. The zero-order valence-electron chi connectivity index (χ0n) is 10.0. The van der Waals surface area contributed by atoms with Crippen molar-refractivity contribution in [2.75, 3.05) is 0 Å². The molecule has 0 aliphatic rings. The number of ether oxygens (including phenoxy) is 1. The van der Waals surface area contributed by atoms with Crippen molar-refractivity contribution in [3.8, 4) is 29.2 Å². The van der Waals surface area contributed by atoms with Gasteiger partial charge in [-0.3, -0.25) is 0 Å². The molecule has 0 aliphatic carbocycles. The van der Waals surface area contributed by atoms with Gasteiger partial charge in [-0.05, 0) is 29.8 Å². The van der Waals surface area contributed by atoms with E-state index < -0.39 is 12.2 Å². The minimum absolute atomic E-state index is 0.252. The van der Waals surface area contributed by atoms with E-state index >= 15 is 0 Å². The second-order valence-corrected chi connectivity index (χ2v) is 3.91. The molecular weight excluding hydrogens is 272 g/mol. The van der Waals surface area contributed by atoms with E-state index in [9.17, 15) is 17.6 Å². The van der Waals surface area contributed by atoms with Gasteiger partial charge < -0.3 is 4.74 Å². The molecule has 2 aromatic carbocycles. The topological polar surface area (TPSA) is 9.23 Å². The van der Waals surface area contributed by atoms with Gasteiger partial charge in [0.25, 0.3) is 0 Å². The number of rotatable bonds is 2. The highest BCUT2D eigenvalue weighted by atomic mass is 19.4. The molecule has 102 valence electrons. The van der Waals surface area contributed by atoms with E-state index in [0.29, 0.717) is 11.1 Å². The van der Waals surface area contributed by atoms with E-state index in [2.05, 4.69) is 10.7 Å². The molecule has 0 aliphatic heterocycles. The van der Waals surface area contributed by atoms with Crippen LogP contribution in [0.1, 0.15) is 5.56 Å². The molecule has 0 N–H and O–H groups in total. The summed E-state index contributed by atoms with van der Waals surface area (Å²) in [5.41, 5.74) is 1.08. The molecule has 0 amide bonds. The van der Waals surface area contributed by atoms with Crippen molar-refractivity contribution in [2.45, 2.75) is 6.36 Å². The van der Waals surface area contributed by atoms with Gasteiger partial charge in [0.05, 0.1) is 0 Å². The fraction of sp³-hybridized carbons (Fsp3) is 0.0667. The molecular formula is C15H8F4O. The van der Waals surface area contributed by atoms with Gasteiger partial charge >= 0.3 is 6.36 Å². The molecule has 0 radical (unpaired) electrons. The molecule has 2 aromatic rings. The molecule has 2 rings (SSSR count). The Bertz CT molecular complexity index is 651. The van der Waals surface area contributed by atoms with E-state index in [-0.39, 0.29) is 11.3 Å². The van der Waals surface area contributed by atoms with Crippen LogP contribution >= 0.6 is 0 Å². The van der Waals surface area contributed by atoms with Crippen LogP contribution in [0.3, 0.4) is 0 Å². The van der Waals surface area contributed by atoms with Crippen LogP contribution in [0.2, 0.25) is 0 Å². The predicted octanol–water partition coefficient (Wildman–Crippen LogP) is 4.37. The molecule has 20 heavy (non-hydrogen) atoms. The number of hydrogen-bond acceptors (Lipinski definition) is 1. The van der Waals surface area contributed by atoms with Crippen LogP contribution in [0.15, 0.2) is 42.5 Å². The highest BCUT2D eigenvalue weighted by molar-refractivity contribution is 5.65. The minimum atomic E-state index is -4.75. The molecule has 5 heteroatoms. The van der Waals surface area contributed by atoms with Crippen molar-refractivity contribution in [3.05, 3.63) is 53.8 Å². The van der Waals surface area contributed by atoms with Crippen LogP contribution in [0.4, 0.5) is 17.6 Å². The Morgan fingerprint density at radius 1 is 1.00 bits per heavy atom. The number of benzene rings is 2. The standard InChI is InChI=1S/C15H8F4O/c1-2-10-3-8-13(14(16)9-10)11-4-6-12(7-5-11)20-15(17,18)19/h1,3-9H. The quantitative estimate of drug-likeness (QED) is 0.586. The van der Waals surface area contributed by atoms with Gasteiger partial charge in [-0.2, -0.15) is 0 Å². The summed E-state index contributed by atoms with van der Waals surface area (Å²) in [4.78, 5) is 0. The Morgan fingerprint density at radius 3 is 2.15 bits per heavy atom. The second kappa shape index (κ2) is 5.25. The van der Waals surface area contributed by atoms with Crippen molar-refractivity contribution in [1.82, 2.24) is 0 Å². The third-order valence-corrected chi connectivity index (χ3v) is 2.53. The van der Waals surface area contributed by atoms with Gasteiger partial charge in [-0.15, -0.1) is 19.6 Å². The molecule has 0 aromatic heterocycles. The summed E-state index contributed by atoms with van der Waals surface area (Å²) in [6.07, 6.45) is 0.398. The van der Waals surface area contributed by atoms with Crippen molar-refractivity contribution in [2.24, 2.45) is 0 Å². The number of hydrogen-bond donors (Lipinski definition) is 0. The smallest absolute Gasteiger partial charge is 0.406 e. The molecule has 0 heterocycles. The van der Waals surface area contributed by atoms with Gasteiger partial charge in [0.2, 0.25) is 0 Å². The first-order chi connectivity index (χ1) is 9.39. The zero-order chi connectivity index (χ0) is 14.8. The first kappa shape index (κ1) is 13.9. The average molecular weight is 280 g/mol. The van der Waals surface area contributed by atoms with Gasteiger partial charge in [-0.25, -0.2) is 4.39 Å². The van der Waals surface area contributed by atoms with E-state index in [1.54, 1.807) is 6.07 Å². The molecule has 1 nitrogen and oxygen atoms in total. The predicted molar refractivity (Wildman–Crippen MR) is 66.5 cm³/mol. The van der Waals surface area contributed by atoms with Crippen LogP contribution < -0.4 is 4.74 Å². The molecule has 0 atom stereocenters. The maximum atomic E-state index is 13.8. The Labute approximate surface area is 112 Å². The molecule has 0 saturated heterocycles.